The first-order chi connectivity index (χ1) is 12.8. The Bertz CT molecular complexity index is 959. The van der Waals surface area contributed by atoms with E-state index in [1.165, 1.54) is 42.5 Å². The van der Waals surface area contributed by atoms with E-state index in [1.807, 2.05) is 0 Å². The maximum atomic E-state index is 12.5. The minimum absolute atomic E-state index is 0.0708. The number of hydrogen-bond acceptors (Lipinski definition) is 6. The topological polar surface area (TPSA) is 128 Å². The average molecular weight is 393 g/mol. The molecule has 0 heterocycles. The van der Waals surface area contributed by atoms with Crippen LogP contribution in [0.15, 0.2) is 47.4 Å². The number of benzene rings is 2. The summed E-state index contributed by atoms with van der Waals surface area (Å²) in [5.41, 5.74) is 0.121. The molecule has 0 aliphatic rings. The van der Waals surface area contributed by atoms with Crippen molar-refractivity contribution < 1.29 is 22.9 Å². The van der Waals surface area contributed by atoms with E-state index in [0.29, 0.717) is 0 Å². The van der Waals surface area contributed by atoms with Crippen LogP contribution in [0.3, 0.4) is 0 Å². The van der Waals surface area contributed by atoms with Crippen LogP contribution in [-0.4, -0.2) is 32.4 Å². The van der Waals surface area contributed by atoms with Crippen molar-refractivity contribution in [2.75, 3.05) is 18.5 Å². The first-order valence-corrected chi connectivity index (χ1v) is 9.59. The van der Waals surface area contributed by atoms with Gasteiger partial charge in [-0.2, -0.15) is 0 Å². The van der Waals surface area contributed by atoms with Crippen LogP contribution in [0.1, 0.15) is 24.2 Å². The van der Waals surface area contributed by atoms with Crippen molar-refractivity contribution in [2.45, 2.75) is 18.7 Å². The van der Waals surface area contributed by atoms with Gasteiger partial charge in [-0.1, -0.05) is 13.0 Å². The van der Waals surface area contributed by atoms with Gasteiger partial charge in [-0.05, 0) is 31.2 Å². The lowest BCUT2D eigenvalue weighted by atomic mass is 10.2. The Labute approximate surface area is 156 Å². The molecule has 0 saturated carbocycles. The van der Waals surface area contributed by atoms with Crippen molar-refractivity contribution in [1.82, 2.24) is 4.72 Å². The monoisotopic (exact) mass is 393 g/mol. The number of carbonyl (C=O) groups excluding carboxylic acids is 1. The number of non-ortho nitro benzene ring substituents is 1. The lowest BCUT2D eigenvalue weighted by molar-refractivity contribution is -0.384. The highest BCUT2D eigenvalue weighted by atomic mass is 32.2. The third-order valence-electron chi connectivity index (χ3n) is 3.44. The third-order valence-corrected chi connectivity index (χ3v) is 5.01. The van der Waals surface area contributed by atoms with E-state index in [9.17, 15) is 23.3 Å². The van der Waals surface area contributed by atoms with Crippen LogP contribution in [-0.2, 0) is 10.0 Å². The highest BCUT2D eigenvalue weighted by Crippen LogP contribution is 2.26. The number of rotatable bonds is 8. The summed E-state index contributed by atoms with van der Waals surface area (Å²) in [5, 5.41) is 13.3. The van der Waals surface area contributed by atoms with Crippen LogP contribution in [0.2, 0.25) is 0 Å². The Kier molecular flexibility index (Phi) is 6.48. The van der Waals surface area contributed by atoms with E-state index in [1.54, 1.807) is 13.8 Å². The van der Waals surface area contributed by atoms with Gasteiger partial charge < -0.3 is 10.1 Å². The molecule has 0 aliphatic carbocycles. The van der Waals surface area contributed by atoms with Gasteiger partial charge in [0.1, 0.15) is 10.6 Å². The predicted octanol–water partition coefficient (Wildman–Crippen LogP) is 2.54. The molecule has 2 aromatic rings. The van der Waals surface area contributed by atoms with Gasteiger partial charge in [0.25, 0.3) is 11.6 Å². The number of nitro groups is 1. The first kappa shape index (κ1) is 20.3. The Morgan fingerprint density at radius 2 is 1.93 bits per heavy atom. The maximum Gasteiger partial charge on any atom is 0.271 e. The van der Waals surface area contributed by atoms with Crippen molar-refractivity contribution in [3.63, 3.8) is 0 Å². The lowest BCUT2D eigenvalue weighted by Gasteiger charge is -2.13. The Hall–Kier alpha value is -2.98. The molecular formula is C17H19N3O6S. The molecule has 0 atom stereocenters. The predicted molar refractivity (Wildman–Crippen MR) is 99.5 cm³/mol. The standard InChI is InChI=1S/C17H19N3O6S/c1-3-18-27(24,25)16-10-12(8-9-15(16)26-4-2)17(21)19-13-6-5-7-14(11-13)20(22)23/h5-11,18H,3-4H2,1-2H3,(H,19,21). The van der Waals surface area contributed by atoms with Crippen LogP contribution >= 0.6 is 0 Å². The van der Waals surface area contributed by atoms with E-state index >= 15 is 0 Å². The van der Waals surface area contributed by atoms with Crippen LogP contribution in [0.4, 0.5) is 11.4 Å². The van der Waals surface area contributed by atoms with Gasteiger partial charge in [-0.3, -0.25) is 14.9 Å². The number of nitrogens with one attached hydrogen (secondary N) is 2. The van der Waals surface area contributed by atoms with Crippen LogP contribution in [0, 0.1) is 10.1 Å². The SMILES string of the molecule is CCNS(=O)(=O)c1cc(C(=O)Nc2cccc([N+](=O)[O-])c2)ccc1OCC. The molecule has 0 bridgehead atoms. The Morgan fingerprint density at radius 1 is 1.19 bits per heavy atom. The normalized spacial score (nSPS) is 11.0. The molecule has 0 aromatic heterocycles. The fraction of sp³-hybridized carbons (Fsp3) is 0.235. The largest absolute Gasteiger partial charge is 0.492 e. The summed E-state index contributed by atoms with van der Waals surface area (Å²) in [7, 11) is -3.85. The molecule has 0 fully saturated rings. The number of nitrogens with zero attached hydrogens (tertiary/aromatic N) is 1. The van der Waals surface area contributed by atoms with Gasteiger partial charge in [0.05, 0.1) is 11.5 Å². The molecule has 2 aromatic carbocycles. The van der Waals surface area contributed by atoms with E-state index in [0.717, 1.165) is 0 Å². The third kappa shape index (κ3) is 5.02. The molecule has 0 saturated heterocycles. The van der Waals surface area contributed by atoms with Crippen molar-refractivity contribution >= 4 is 27.3 Å². The van der Waals surface area contributed by atoms with Crippen LogP contribution in [0.5, 0.6) is 5.75 Å². The molecular weight excluding hydrogens is 374 g/mol. The summed E-state index contributed by atoms with van der Waals surface area (Å²) in [6.45, 7) is 3.79. The molecule has 27 heavy (non-hydrogen) atoms. The Balaban J connectivity index is 2.36. The summed E-state index contributed by atoms with van der Waals surface area (Å²) >= 11 is 0. The molecule has 0 unspecified atom stereocenters. The number of amides is 1. The van der Waals surface area contributed by atoms with Crippen molar-refractivity contribution in [3.05, 3.63) is 58.1 Å². The minimum atomic E-state index is -3.85. The van der Waals surface area contributed by atoms with Crippen molar-refractivity contribution in [3.8, 4) is 5.75 Å². The number of nitro benzene ring substituents is 1. The van der Waals surface area contributed by atoms with Gasteiger partial charge in [0.15, 0.2) is 0 Å². The molecule has 2 N–H and O–H groups in total. The van der Waals surface area contributed by atoms with Gasteiger partial charge in [0.2, 0.25) is 10.0 Å². The molecule has 2 rings (SSSR count). The number of sulfonamides is 1. The highest BCUT2D eigenvalue weighted by molar-refractivity contribution is 7.89. The van der Waals surface area contributed by atoms with Gasteiger partial charge >= 0.3 is 0 Å². The second-order valence-electron chi connectivity index (χ2n) is 5.36. The van der Waals surface area contributed by atoms with Crippen LogP contribution < -0.4 is 14.8 Å². The zero-order valence-electron chi connectivity index (χ0n) is 14.8. The molecule has 0 radical (unpaired) electrons. The van der Waals surface area contributed by atoms with E-state index in [2.05, 4.69) is 10.0 Å². The molecule has 9 nitrogen and oxygen atoms in total. The number of hydrogen-bond donors (Lipinski definition) is 2. The molecule has 10 heteroatoms. The molecule has 144 valence electrons. The van der Waals surface area contributed by atoms with Gasteiger partial charge in [0, 0.05) is 29.9 Å². The van der Waals surface area contributed by atoms with Gasteiger partial charge in [-0.25, -0.2) is 13.1 Å². The summed E-state index contributed by atoms with van der Waals surface area (Å²) in [5.74, 6) is -0.475. The summed E-state index contributed by atoms with van der Waals surface area (Å²) in [4.78, 5) is 22.6. The van der Waals surface area contributed by atoms with E-state index in [-0.39, 0.29) is 40.7 Å². The summed E-state index contributed by atoms with van der Waals surface area (Å²) in [6, 6.07) is 9.47. The zero-order valence-corrected chi connectivity index (χ0v) is 15.6. The summed E-state index contributed by atoms with van der Waals surface area (Å²) < 4.78 is 32.5. The Morgan fingerprint density at radius 3 is 2.56 bits per heavy atom. The lowest BCUT2D eigenvalue weighted by Crippen LogP contribution is -2.24. The fourth-order valence-corrected chi connectivity index (χ4v) is 3.51. The molecule has 0 aliphatic heterocycles. The average Bonchev–Trinajstić information content (AvgIpc) is 2.62. The zero-order chi connectivity index (χ0) is 20.0. The number of anilines is 1. The number of ether oxygens (including phenoxy) is 1. The van der Waals surface area contributed by atoms with E-state index < -0.39 is 20.9 Å². The maximum absolute atomic E-state index is 12.5. The summed E-state index contributed by atoms with van der Waals surface area (Å²) in [6.07, 6.45) is 0. The minimum Gasteiger partial charge on any atom is -0.492 e. The van der Waals surface area contributed by atoms with Gasteiger partial charge in [-0.15, -0.1) is 0 Å². The quantitative estimate of drug-likeness (QED) is 0.524. The van der Waals surface area contributed by atoms with Crippen molar-refractivity contribution in [1.29, 1.82) is 0 Å². The molecule has 1 amide bonds. The molecule has 0 spiro atoms. The highest BCUT2D eigenvalue weighted by Gasteiger charge is 2.21. The number of carbonyl (C=O) groups is 1. The second kappa shape index (κ2) is 8.60. The van der Waals surface area contributed by atoms with E-state index in [4.69, 9.17) is 4.74 Å². The fourth-order valence-electron chi connectivity index (χ4n) is 2.30. The van der Waals surface area contributed by atoms with Crippen LogP contribution in [0.25, 0.3) is 0 Å². The first-order valence-electron chi connectivity index (χ1n) is 8.10. The van der Waals surface area contributed by atoms with Crippen molar-refractivity contribution in [2.24, 2.45) is 0 Å². The second-order valence-corrected chi connectivity index (χ2v) is 7.09. The smallest absolute Gasteiger partial charge is 0.271 e.